The molecule has 3 aromatic rings. The largest absolute Gasteiger partial charge is 0.368 e. The van der Waals surface area contributed by atoms with Crippen LogP contribution in [0.3, 0.4) is 0 Å². The average molecular weight is 379 g/mol. The number of rotatable bonds is 3. The number of fused-ring (bicyclic) bond motifs is 2. The van der Waals surface area contributed by atoms with Gasteiger partial charge in [-0.2, -0.15) is 0 Å². The molecule has 3 atom stereocenters. The molecule has 1 saturated carbocycles. The zero-order valence-corrected chi connectivity index (χ0v) is 15.9. The number of thiophene rings is 1. The number of primary amides is 1. The van der Waals surface area contributed by atoms with Gasteiger partial charge in [-0.15, -0.1) is 11.3 Å². The Morgan fingerprint density at radius 1 is 1.15 bits per heavy atom. The zero-order chi connectivity index (χ0) is 18.4. The minimum atomic E-state index is -0.278. The molecule has 5 rings (SSSR count). The molecule has 0 radical (unpaired) electrons. The second kappa shape index (κ2) is 6.60. The molecule has 2 aliphatic rings. The number of hydrogen-bond donors (Lipinski definition) is 1. The van der Waals surface area contributed by atoms with Gasteiger partial charge in [0.1, 0.15) is 23.0 Å². The molecule has 2 fully saturated rings. The third-order valence-electron chi connectivity index (χ3n) is 6.10. The molecule has 2 N–H and O–H groups in total. The van der Waals surface area contributed by atoms with E-state index < -0.39 is 0 Å². The topological polar surface area (TPSA) is 72.1 Å². The molecule has 1 aromatic carbocycles. The van der Waals surface area contributed by atoms with E-state index in [0.29, 0.717) is 12.0 Å². The van der Waals surface area contributed by atoms with Crippen molar-refractivity contribution in [2.75, 3.05) is 4.90 Å². The highest BCUT2D eigenvalue weighted by Crippen LogP contribution is 2.45. The van der Waals surface area contributed by atoms with Crippen LogP contribution in [0.15, 0.2) is 42.0 Å². The molecule has 1 aliphatic carbocycles. The van der Waals surface area contributed by atoms with Crippen molar-refractivity contribution in [1.29, 1.82) is 0 Å². The van der Waals surface area contributed by atoms with E-state index in [9.17, 15) is 4.79 Å². The number of anilines is 1. The molecule has 138 valence electrons. The summed E-state index contributed by atoms with van der Waals surface area (Å²) in [5.41, 5.74) is 8.11. The molecule has 0 unspecified atom stereocenters. The van der Waals surface area contributed by atoms with Crippen molar-refractivity contribution in [3.05, 3.63) is 42.0 Å². The molecule has 3 heterocycles. The van der Waals surface area contributed by atoms with Gasteiger partial charge in [0.25, 0.3) is 0 Å². The van der Waals surface area contributed by atoms with Gasteiger partial charge in [0.05, 0.1) is 5.39 Å². The highest BCUT2D eigenvalue weighted by Gasteiger charge is 2.45. The molecule has 6 heteroatoms. The third-order valence-corrected chi connectivity index (χ3v) is 6.98. The molecule has 2 aromatic heterocycles. The minimum Gasteiger partial charge on any atom is -0.368 e. The quantitative estimate of drug-likeness (QED) is 0.748. The molecular formula is C21H22N4OS. The predicted molar refractivity (Wildman–Crippen MR) is 109 cm³/mol. The summed E-state index contributed by atoms with van der Waals surface area (Å²) in [5, 5.41) is 3.19. The van der Waals surface area contributed by atoms with Gasteiger partial charge in [0.2, 0.25) is 5.91 Å². The maximum absolute atomic E-state index is 12.3. The van der Waals surface area contributed by atoms with Gasteiger partial charge in [-0.1, -0.05) is 43.2 Å². The fourth-order valence-electron chi connectivity index (χ4n) is 4.90. The van der Waals surface area contributed by atoms with E-state index >= 15 is 0 Å². The van der Waals surface area contributed by atoms with Crippen molar-refractivity contribution >= 4 is 33.3 Å². The zero-order valence-electron chi connectivity index (χ0n) is 15.0. The van der Waals surface area contributed by atoms with Crippen LogP contribution in [0.2, 0.25) is 0 Å². The van der Waals surface area contributed by atoms with E-state index in [0.717, 1.165) is 40.0 Å². The Morgan fingerprint density at radius 2 is 1.96 bits per heavy atom. The van der Waals surface area contributed by atoms with Crippen LogP contribution in [0.4, 0.5) is 5.82 Å². The third kappa shape index (κ3) is 2.70. The SMILES string of the molecule is NC(=O)[C@@H]1C[C@H]2CCCC[C@H]2N1c1ncnc2scc(-c3ccccc3)c12. The van der Waals surface area contributed by atoms with Gasteiger partial charge in [-0.05, 0) is 30.7 Å². The number of amides is 1. The molecular weight excluding hydrogens is 356 g/mol. The van der Waals surface area contributed by atoms with Crippen LogP contribution in [0.1, 0.15) is 32.1 Å². The lowest BCUT2D eigenvalue weighted by atomic mass is 9.84. The molecule has 0 spiro atoms. The van der Waals surface area contributed by atoms with Crippen molar-refractivity contribution in [1.82, 2.24) is 9.97 Å². The highest BCUT2D eigenvalue weighted by atomic mass is 32.1. The van der Waals surface area contributed by atoms with Crippen molar-refractivity contribution in [3.63, 3.8) is 0 Å². The van der Waals surface area contributed by atoms with Crippen LogP contribution >= 0.6 is 11.3 Å². The van der Waals surface area contributed by atoms with Crippen molar-refractivity contribution in [2.45, 2.75) is 44.2 Å². The van der Waals surface area contributed by atoms with E-state index in [1.807, 2.05) is 18.2 Å². The monoisotopic (exact) mass is 378 g/mol. The van der Waals surface area contributed by atoms with Crippen LogP contribution in [-0.2, 0) is 4.79 Å². The van der Waals surface area contributed by atoms with Crippen molar-refractivity contribution < 1.29 is 4.79 Å². The normalized spacial score (nSPS) is 24.9. The van der Waals surface area contributed by atoms with Crippen molar-refractivity contribution in [2.24, 2.45) is 11.7 Å². The summed E-state index contributed by atoms with van der Waals surface area (Å²) >= 11 is 1.63. The fourth-order valence-corrected chi connectivity index (χ4v) is 5.81. The van der Waals surface area contributed by atoms with Crippen LogP contribution in [0.25, 0.3) is 21.3 Å². The van der Waals surface area contributed by atoms with Gasteiger partial charge >= 0.3 is 0 Å². The first-order valence-corrected chi connectivity index (χ1v) is 10.5. The predicted octanol–water partition coefficient (Wildman–Crippen LogP) is 3.98. The standard InChI is InChI=1S/C21H22N4OS/c22-19(26)17-10-14-8-4-5-9-16(14)25(17)20-18-15(13-6-2-1-3-7-13)11-27-21(18)24-12-23-20/h1-3,6-7,11-12,14,16-17H,4-5,8-10H2,(H2,22,26)/t14-,16-,17+/m1/s1. The molecule has 1 aliphatic heterocycles. The van der Waals surface area contributed by atoms with Gasteiger partial charge in [0, 0.05) is 17.0 Å². The average Bonchev–Trinajstić information content (AvgIpc) is 3.30. The summed E-state index contributed by atoms with van der Waals surface area (Å²) in [6.07, 6.45) is 7.19. The Morgan fingerprint density at radius 3 is 2.78 bits per heavy atom. The minimum absolute atomic E-state index is 0.243. The first-order chi connectivity index (χ1) is 13.2. The van der Waals surface area contributed by atoms with Crippen LogP contribution in [0.5, 0.6) is 0 Å². The van der Waals surface area contributed by atoms with E-state index in [1.54, 1.807) is 17.7 Å². The van der Waals surface area contributed by atoms with Gasteiger partial charge in [-0.3, -0.25) is 4.79 Å². The maximum Gasteiger partial charge on any atom is 0.240 e. The maximum atomic E-state index is 12.3. The number of benzene rings is 1. The van der Waals surface area contributed by atoms with E-state index in [2.05, 4.69) is 32.4 Å². The van der Waals surface area contributed by atoms with Gasteiger partial charge in [0.15, 0.2) is 0 Å². The number of aromatic nitrogens is 2. The molecule has 5 nitrogen and oxygen atoms in total. The van der Waals surface area contributed by atoms with Crippen LogP contribution < -0.4 is 10.6 Å². The lowest BCUT2D eigenvalue weighted by Gasteiger charge is -2.34. The van der Waals surface area contributed by atoms with E-state index in [-0.39, 0.29) is 11.9 Å². The summed E-state index contributed by atoms with van der Waals surface area (Å²) < 4.78 is 0. The second-order valence-corrected chi connectivity index (χ2v) is 8.42. The van der Waals surface area contributed by atoms with E-state index in [4.69, 9.17) is 5.73 Å². The van der Waals surface area contributed by atoms with Crippen molar-refractivity contribution in [3.8, 4) is 11.1 Å². The van der Waals surface area contributed by atoms with Gasteiger partial charge in [-0.25, -0.2) is 9.97 Å². The molecule has 27 heavy (non-hydrogen) atoms. The Bertz CT molecular complexity index is 986. The lowest BCUT2D eigenvalue weighted by Crippen LogP contribution is -2.45. The first-order valence-electron chi connectivity index (χ1n) is 9.59. The number of carbonyl (C=O) groups is 1. The number of nitrogens with two attached hydrogens (primary N) is 1. The number of carbonyl (C=O) groups excluding carboxylic acids is 1. The molecule has 1 amide bonds. The Kier molecular flexibility index (Phi) is 4.08. The summed E-state index contributed by atoms with van der Waals surface area (Å²) in [5.74, 6) is 1.16. The van der Waals surface area contributed by atoms with E-state index in [1.165, 1.54) is 19.3 Å². The number of nitrogens with zero attached hydrogens (tertiary/aromatic N) is 3. The number of hydrogen-bond acceptors (Lipinski definition) is 5. The summed E-state index contributed by atoms with van der Waals surface area (Å²) in [6, 6.07) is 10.4. The fraction of sp³-hybridized carbons (Fsp3) is 0.381. The Balaban J connectivity index is 1.70. The van der Waals surface area contributed by atoms with Gasteiger partial charge < -0.3 is 10.6 Å². The summed E-state index contributed by atoms with van der Waals surface area (Å²) in [4.78, 5) is 24.7. The second-order valence-electron chi connectivity index (χ2n) is 7.57. The Labute approximate surface area is 162 Å². The first kappa shape index (κ1) is 16.7. The van der Waals surface area contributed by atoms with Crippen LogP contribution in [0, 0.1) is 5.92 Å². The summed E-state index contributed by atoms with van der Waals surface area (Å²) in [6.45, 7) is 0. The highest BCUT2D eigenvalue weighted by molar-refractivity contribution is 7.17. The molecule has 1 saturated heterocycles. The molecule has 0 bridgehead atoms. The Hall–Kier alpha value is -2.47. The smallest absolute Gasteiger partial charge is 0.240 e. The van der Waals surface area contributed by atoms with Crippen LogP contribution in [-0.4, -0.2) is 28.0 Å². The lowest BCUT2D eigenvalue weighted by molar-refractivity contribution is -0.119. The summed E-state index contributed by atoms with van der Waals surface area (Å²) in [7, 11) is 0.